The molecule has 1 saturated heterocycles. The third kappa shape index (κ3) is 4.14. The highest BCUT2D eigenvalue weighted by Crippen LogP contribution is 2.27. The summed E-state index contributed by atoms with van der Waals surface area (Å²) in [7, 11) is 0. The first-order chi connectivity index (χ1) is 13.2. The van der Waals surface area contributed by atoms with Crippen LogP contribution in [0.5, 0.6) is 0 Å². The fraction of sp³-hybridized carbons (Fsp3) is 0.350. The molecule has 0 unspecified atom stereocenters. The van der Waals surface area contributed by atoms with Crippen LogP contribution in [-0.4, -0.2) is 45.5 Å². The predicted octanol–water partition coefficient (Wildman–Crippen LogP) is 3.02. The van der Waals surface area contributed by atoms with Gasteiger partial charge in [-0.15, -0.1) is 0 Å². The molecule has 1 aliphatic heterocycles. The van der Waals surface area contributed by atoms with Crippen molar-refractivity contribution in [1.29, 1.82) is 0 Å². The van der Waals surface area contributed by atoms with Gasteiger partial charge in [0.15, 0.2) is 0 Å². The zero-order chi connectivity index (χ0) is 18.6. The second kappa shape index (κ2) is 7.84. The highest BCUT2D eigenvalue weighted by atomic mass is 19.1. The number of ether oxygens (including phenoxy) is 1. The molecule has 0 atom stereocenters. The number of hydrogen-bond acceptors (Lipinski definition) is 4. The summed E-state index contributed by atoms with van der Waals surface area (Å²) in [5.41, 5.74) is 2.59. The fourth-order valence-corrected chi connectivity index (χ4v) is 3.53. The maximum absolute atomic E-state index is 13.2. The van der Waals surface area contributed by atoms with E-state index in [2.05, 4.69) is 15.0 Å². The van der Waals surface area contributed by atoms with E-state index in [1.54, 1.807) is 6.07 Å². The van der Waals surface area contributed by atoms with Gasteiger partial charge in [0.1, 0.15) is 24.9 Å². The number of nitrogens with one attached hydrogen (secondary N) is 1. The summed E-state index contributed by atoms with van der Waals surface area (Å²) in [5.74, 6) is 0.739. The van der Waals surface area contributed by atoms with Crippen LogP contribution in [-0.2, 0) is 16.1 Å². The van der Waals surface area contributed by atoms with Crippen molar-refractivity contribution in [2.45, 2.75) is 25.4 Å². The zero-order valence-electron chi connectivity index (χ0n) is 14.9. The number of carbonyl (C=O) groups excluding carboxylic acids is 1. The summed E-state index contributed by atoms with van der Waals surface area (Å²) >= 11 is 0. The first-order valence-corrected chi connectivity index (χ1v) is 9.08. The van der Waals surface area contributed by atoms with E-state index in [1.807, 2.05) is 29.4 Å². The first kappa shape index (κ1) is 17.6. The average Bonchev–Trinajstić information content (AvgIpc) is 3.10. The third-order valence-corrected chi connectivity index (χ3v) is 4.98. The number of halogens is 1. The van der Waals surface area contributed by atoms with Gasteiger partial charge in [0.25, 0.3) is 0 Å². The maximum Gasteiger partial charge on any atom is 0.248 e. The molecule has 0 aliphatic carbocycles. The van der Waals surface area contributed by atoms with Gasteiger partial charge in [-0.3, -0.25) is 9.78 Å². The van der Waals surface area contributed by atoms with E-state index < -0.39 is 0 Å². The van der Waals surface area contributed by atoms with E-state index >= 15 is 0 Å². The molecule has 1 N–H and O–H groups in total. The Morgan fingerprint density at radius 1 is 1.22 bits per heavy atom. The molecule has 1 aliphatic rings. The lowest BCUT2D eigenvalue weighted by Gasteiger charge is -2.32. The van der Waals surface area contributed by atoms with Gasteiger partial charge < -0.3 is 14.6 Å². The molecule has 27 heavy (non-hydrogen) atoms. The number of H-pyrrole nitrogens is 1. The molecule has 0 radical (unpaired) electrons. The number of fused-ring (bicyclic) bond motifs is 1. The van der Waals surface area contributed by atoms with Gasteiger partial charge in [-0.05, 0) is 54.7 Å². The summed E-state index contributed by atoms with van der Waals surface area (Å²) in [6.07, 6.45) is 5.52. The Labute approximate surface area is 156 Å². The topological polar surface area (TPSA) is 71.1 Å². The van der Waals surface area contributed by atoms with Crippen molar-refractivity contribution in [3.8, 4) is 0 Å². The van der Waals surface area contributed by atoms with Crippen LogP contribution in [0.4, 0.5) is 4.39 Å². The van der Waals surface area contributed by atoms with E-state index in [9.17, 15) is 9.18 Å². The predicted molar refractivity (Wildman–Crippen MR) is 98.5 cm³/mol. The summed E-state index contributed by atoms with van der Waals surface area (Å²) in [5, 5.41) is 0. The van der Waals surface area contributed by atoms with Crippen LogP contribution >= 0.6 is 0 Å². The lowest BCUT2D eigenvalue weighted by Crippen LogP contribution is -2.39. The molecule has 6 nitrogen and oxygen atoms in total. The minimum absolute atomic E-state index is 0.00895. The second-order valence-electron chi connectivity index (χ2n) is 6.77. The van der Waals surface area contributed by atoms with Gasteiger partial charge in [-0.1, -0.05) is 0 Å². The Morgan fingerprint density at radius 3 is 2.78 bits per heavy atom. The van der Waals surface area contributed by atoms with Crippen LogP contribution in [0, 0.1) is 5.82 Å². The number of likely N-dealkylation sites (tertiary alicyclic amines) is 1. The minimum Gasteiger partial charge on any atom is -0.364 e. The molecule has 140 valence electrons. The minimum atomic E-state index is -0.316. The Balaban J connectivity index is 1.25. The van der Waals surface area contributed by atoms with Crippen molar-refractivity contribution < 1.29 is 13.9 Å². The van der Waals surface area contributed by atoms with Crippen molar-refractivity contribution in [3.63, 3.8) is 0 Å². The van der Waals surface area contributed by atoms with Gasteiger partial charge in [-0.25, -0.2) is 9.37 Å². The number of pyridine rings is 1. The zero-order valence-corrected chi connectivity index (χ0v) is 14.9. The number of aromatic amines is 1. The van der Waals surface area contributed by atoms with Crippen LogP contribution in [0.25, 0.3) is 11.0 Å². The molecule has 3 heterocycles. The third-order valence-electron chi connectivity index (χ3n) is 4.98. The molecule has 4 rings (SSSR count). The second-order valence-corrected chi connectivity index (χ2v) is 6.77. The van der Waals surface area contributed by atoms with Crippen molar-refractivity contribution in [1.82, 2.24) is 19.9 Å². The normalized spacial score (nSPS) is 15.4. The van der Waals surface area contributed by atoms with Crippen LogP contribution in [0.15, 0.2) is 42.7 Å². The van der Waals surface area contributed by atoms with Crippen LogP contribution in [0.2, 0.25) is 0 Å². The van der Waals surface area contributed by atoms with Crippen LogP contribution in [0.1, 0.15) is 30.1 Å². The maximum atomic E-state index is 13.2. The molecule has 7 heteroatoms. The molecule has 3 aromatic rings. The summed E-state index contributed by atoms with van der Waals surface area (Å²) < 4.78 is 18.7. The molecule has 2 aromatic heterocycles. The van der Waals surface area contributed by atoms with Crippen LogP contribution < -0.4 is 0 Å². The molecule has 1 amide bonds. The monoisotopic (exact) mass is 368 g/mol. The van der Waals surface area contributed by atoms with Crippen molar-refractivity contribution >= 4 is 16.9 Å². The molecule has 1 aromatic carbocycles. The number of aromatic nitrogens is 3. The van der Waals surface area contributed by atoms with E-state index in [0.29, 0.717) is 22.8 Å². The number of benzene rings is 1. The van der Waals surface area contributed by atoms with Crippen molar-refractivity contribution in [2.75, 3.05) is 19.7 Å². The number of imidazole rings is 1. The Kier molecular flexibility index (Phi) is 5.11. The lowest BCUT2D eigenvalue weighted by molar-refractivity contribution is -0.137. The largest absolute Gasteiger partial charge is 0.364 e. The number of amides is 1. The molecule has 0 spiro atoms. The highest BCUT2D eigenvalue weighted by molar-refractivity contribution is 5.77. The summed E-state index contributed by atoms with van der Waals surface area (Å²) in [4.78, 5) is 25.6. The number of carbonyl (C=O) groups is 1. The smallest absolute Gasteiger partial charge is 0.248 e. The van der Waals surface area contributed by atoms with E-state index in [0.717, 1.165) is 25.9 Å². The standard InChI is InChI=1S/C20H21FN4O2/c21-16-1-2-17-18(11-16)24-19(23-17)12-27-13-20(26)25-9-5-15(6-10-25)14-3-7-22-8-4-14/h1-4,7-8,11,15H,5-6,9-10,12-13H2,(H,23,24). The molecular formula is C20H21FN4O2. The number of nitrogens with zero attached hydrogens (tertiary/aromatic N) is 3. The van der Waals surface area contributed by atoms with Gasteiger partial charge in [0.2, 0.25) is 5.91 Å². The van der Waals surface area contributed by atoms with Crippen molar-refractivity contribution in [3.05, 3.63) is 59.9 Å². The van der Waals surface area contributed by atoms with Gasteiger partial charge in [0, 0.05) is 25.5 Å². The van der Waals surface area contributed by atoms with E-state index in [4.69, 9.17) is 4.74 Å². The Bertz CT molecular complexity index is 920. The van der Waals surface area contributed by atoms with E-state index in [-0.39, 0.29) is 24.9 Å². The molecule has 0 bridgehead atoms. The van der Waals surface area contributed by atoms with Gasteiger partial charge in [-0.2, -0.15) is 0 Å². The summed E-state index contributed by atoms with van der Waals surface area (Å²) in [6, 6.07) is 8.47. The number of rotatable bonds is 5. The SMILES string of the molecule is O=C(COCc1nc2ccc(F)cc2[nH]1)N1CCC(c2ccncc2)CC1. The summed E-state index contributed by atoms with van der Waals surface area (Å²) in [6.45, 7) is 1.68. The number of piperidine rings is 1. The lowest BCUT2D eigenvalue weighted by atomic mass is 9.90. The van der Waals surface area contributed by atoms with Crippen molar-refractivity contribution in [2.24, 2.45) is 0 Å². The highest BCUT2D eigenvalue weighted by Gasteiger charge is 2.23. The fourth-order valence-electron chi connectivity index (χ4n) is 3.53. The Hall–Kier alpha value is -2.80. The average molecular weight is 368 g/mol. The van der Waals surface area contributed by atoms with Crippen LogP contribution in [0.3, 0.4) is 0 Å². The first-order valence-electron chi connectivity index (χ1n) is 9.08. The van der Waals surface area contributed by atoms with Gasteiger partial charge >= 0.3 is 0 Å². The van der Waals surface area contributed by atoms with Gasteiger partial charge in [0.05, 0.1) is 11.0 Å². The molecule has 1 fully saturated rings. The Morgan fingerprint density at radius 2 is 2.00 bits per heavy atom. The van der Waals surface area contributed by atoms with E-state index in [1.165, 1.54) is 17.7 Å². The number of hydrogen-bond donors (Lipinski definition) is 1. The molecular weight excluding hydrogens is 347 g/mol. The quantitative estimate of drug-likeness (QED) is 0.751. The molecule has 0 saturated carbocycles.